The van der Waals surface area contributed by atoms with Crippen LogP contribution in [-0.2, 0) is 18.0 Å². The Kier molecular flexibility index (Phi) is 8.22. The molecule has 0 aliphatic heterocycles. The molecule has 0 amide bonds. The Morgan fingerprint density at radius 2 is 2.12 bits per heavy atom. The summed E-state index contributed by atoms with van der Waals surface area (Å²) in [4.78, 5) is 0. The van der Waals surface area contributed by atoms with Gasteiger partial charge >= 0.3 is 67.0 Å². The molecular weight excluding hydrogens is 238 g/mol. The Morgan fingerprint density at radius 1 is 1.50 bits per heavy atom. The molecule has 0 aliphatic carbocycles. The molecule has 0 atom stereocenters. The van der Waals surface area contributed by atoms with Gasteiger partial charge in [-0.25, -0.2) is 0 Å². The normalized spacial score (nSPS) is 8.88. The zero-order valence-corrected chi connectivity index (χ0v) is 9.85. The van der Waals surface area contributed by atoms with E-state index in [0.717, 1.165) is 6.16 Å². The number of unbranched alkanes of at least 4 members (excludes halogenated alkanes) is 1. The molecule has 0 bridgehead atoms. The van der Waals surface area contributed by atoms with Crippen molar-refractivity contribution in [3.05, 3.63) is 0 Å². The Hall–Kier alpha value is 1.68. The zero-order valence-electron chi connectivity index (χ0n) is 4.88. The molecule has 0 aromatic heterocycles. The number of halogens is 2. The summed E-state index contributed by atoms with van der Waals surface area (Å²) < 4.78 is 0. The van der Waals surface area contributed by atoms with Gasteiger partial charge in [0, 0.05) is 0 Å². The summed E-state index contributed by atoms with van der Waals surface area (Å²) in [5, 5.41) is 0. The summed E-state index contributed by atoms with van der Waals surface area (Å²) in [7, 11) is 11.4. The van der Waals surface area contributed by atoms with E-state index in [9.17, 15) is 0 Å². The van der Waals surface area contributed by atoms with Gasteiger partial charge < -0.3 is 0 Å². The number of hydrogen-bond acceptors (Lipinski definition) is 0. The molecule has 0 unspecified atom stereocenters. The molecule has 0 saturated carbocycles. The monoisotopic (exact) mass is 245 g/mol. The standard InChI is InChI=1S/C4H9Si.2ClH.Zr/c1-2-3-4-5;;;/h2-4H2,1H3;2*1H;/q;;;+2/p-2. The molecule has 0 heterocycles. The summed E-state index contributed by atoms with van der Waals surface area (Å²) in [6, 6.07) is 1.28. The molecule has 8 heavy (non-hydrogen) atoms. The second-order valence-electron chi connectivity index (χ2n) is 1.54. The van der Waals surface area contributed by atoms with Crippen molar-refractivity contribution in [2.75, 3.05) is 0 Å². The van der Waals surface area contributed by atoms with Gasteiger partial charge in [0.2, 0.25) is 0 Å². The summed E-state index contributed by atoms with van der Waals surface area (Å²) in [6.45, 7) is 2.19. The van der Waals surface area contributed by atoms with E-state index in [1.807, 2.05) is 0 Å². The molecular formula is C4H9Cl2SiZr. The van der Waals surface area contributed by atoms with E-state index in [1.54, 1.807) is 0 Å². The van der Waals surface area contributed by atoms with Gasteiger partial charge in [0.25, 0.3) is 0 Å². The van der Waals surface area contributed by atoms with Crippen LogP contribution in [0.4, 0.5) is 0 Å². The second kappa shape index (κ2) is 6.80. The SMILES string of the molecule is CCCC[Si]=[Zr]([Cl])[Cl]. The van der Waals surface area contributed by atoms with Crippen molar-refractivity contribution < 1.29 is 18.0 Å². The van der Waals surface area contributed by atoms with Crippen molar-refractivity contribution >= 4 is 23.2 Å². The van der Waals surface area contributed by atoms with Crippen LogP contribution in [0.5, 0.6) is 0 Å². The molecule has 1 radical (unpaired) electrons. The Labute approximate surface area is 66.5 Å². The van der Waals surface area contributed by atoms with E-state index in [-0.39, 0.29) is 0 Å². The molecule has 0 saturated heterocycles. The van der Waals surface area contributed by atoms with E-state index in [4.69, 9.17) is 17.0 Å². The van der Waals surface area contributed by atoms with Gasteiger partial charge in [-0.1, -0.05) is 0 Å². The van der Waals surface area contributed by atoms with Crippen LogP contribution in [-0.4, -0.2) is 6.16 Å². The average molecular weight is 247 g/mol. The van der Waals surface area contributed by atoms with Crippen LogP contribution in [0.2, 0.25) is 6.04 Å². The van der Waals surface area contributed by atoms with Crippen LogP contribution >= 0.6 is 17.0 Å². The first-order valence-electron chi connectivity index (χ1n) is 2.69. The summed E-state index contributed by atoms with van der Waals surface area (Å²) in [5.74, 6) is 0. The first-order valence-corrected chi connectivity index (χ1v) is 13.9. The fraction of sp³-hybridized carbons (Fsp3) is 1.00. The van der Waals surface area contributed by atoms with Crippen molar-refractivity contribution in [2.24, 2.45) is 0 Å². The third-order valence-electron chi connectivity index (χ3n) is 0.789. The van der Waals surface area contributed by atoms with Crippen LogP contribution in [0.1, 0.15) is 19.8 Å². The van der Waals surface area contributed by atoms with Gasteiger partial charge in [0.15, 0.2) is 0 Å². The molecule has 0 N–H and O–H groups in total. The first-order chi connectivity index (χ1) is 3.77. The van der Waals surface area contributed by atoms with Crippen molar-refractivity contribution in [3.63, 3.8) is 0 Å². The van der Waals surface area contributed by atoms with E-state index < -0.39 is 18.0 Å². The Bertz CT molecular complexity index is 80.1. The molecule has 0 fully saturated rings. The molecule has 0 spiro atoms. The van der Waals surface area contributed by atoms with E-state index in [2.05, 4.69) is 6.92 Å². The fourth-order valence-electron chi connectivity index (χ4n) is 0.360. The van der Waals surface area contributed by atoms with Crippen molar-refractivity contribution in [2.45, 2.75) is 25.8 Å². The maximum absolute atomic E-state index is 5.69. The molecule has 0 aliphatic rings. The quantitative estimate of drug-likeness (QED) is 0.531. The van der Waals surface area contributed by atoms with Crippen molar-refractivity contribution in [1.29, 1.82) is 0 Å². The van der Waals surface area contributed by atoms with Crippen molar-refractivity contribution in [1.82, 2.24) is 0 Å². The van der Waals surface area contributed by atoms with Crippen LogP contribution < -0.4 is 0 Å². The van der Waals surface area contributed by atoms with Gasteiger partial charge in [-0.2, -0.15) is 0 Å². The van der Waals surface area contributed by atoms with Gasteiger partial charge in [-0.05, 0) is 0 Å². The predicted octanol–water partition coefficient (Wildman–Crippen LogP) is 2.75. The van der Waals surface area contributed by atoms with Gasteiger partial charge in [-0.15, -0.1) is 0 Å². The molecule has 0 aromatic carbocycles. The first kappa shape index (κ1) is 9.68. The fourth-order valence-corrected chi connectivity index (χ4v) is 7.13. The third-order valence-corrected chi connectivity index (χ3v) is 10.2. The zero-order chi connectivity index (χ0) is 6.41. The summed E-state index contributed by atoms with van der Waals surface area (Å²) in [5.41, 5.74) is 0. The number of rotatable bonds is 3. The van der Waals surface area contributed by atoms with Crippen LogP contribution in [0.25, 0.3) is 0 Å². The topological polar surface area (TPSA) is 0 Å². The second-order valence-corrected chi connectivity index (χ2v) is 18.6. The molecule has 0 aromatic rings. The third kappa shape index (κ3) is 7.68. The van der Waals surface area contributed by atoms with Crippen LogP contribution in [0.15, 0.2) is 0 Å². The van der Waals surface area contributed by atoms with Gasteiger partial charge in [0.05, 0.1) is 0 Å². The summed E-state index contributed by atoms with van der Waals surface area (Å²) in [6.07, 6.45) is 3.51. The Morgan fingerprint density at radius 3 is 2.50 bits per heavy atom. The van der Waals surface area contributed by atoms with E-state index in [0.29, 0.717) is 0 Å². The van der Waals surface area contributed by atoms with Crippen LogP contribution in [0, 0.1) is 0 Å². The van der Waals surface area contributed by atoms with E-state index >= 15 is 0 Å². The average Bonchev–Trinajstić information content (AvgIpc) is 1.66. The minimum atomic E-state index is -1.69. The van der Waals surface area contributed by atoms with Gasteiger partial charge in [0.1, 0.15) is 0 Å². The molecule has 4 heteroatoms. The Balaban J connectivity index is 3.03. The molecule has 0 rings (SSSR count). The number of hydrogen-bond donors (Lipinski definition) is 0. The van der Waals surface area contributed by atoms with Crippen LogP contribution in [0.3, 0.4) is 0 Å². The molecule has 47 valence electrons. The van der Waals surface area contributed by atoms with Gasteiger partial charge in [-0.3, -0.25) is 0 Å². The summed E-state index contributed by atoms with van der Waals surface area (Å²) >= 11 is -1.69. The maximum atomic E-state index is 5.69. The van der Waals surface area contributed by atoms with E-state index in [1.165, 1.54) is 18.9 Å². The predicted molar refractivity (Wildman–Crippen MR) is 37.2 cm³/mol. The minimum absolute atomic E-state index is 0.923. The van der Waals surface area contributed by atoms with Crippen molar-refractivity contribution in [3.8, 4) is 0 Å². The molecule has 0 nitrogen and oxygen atoms in total.